The number of likely N-dealkylation sites (N-methyl/N-ethyl adjacent to an activating group) is 1. The number of hydrogen-bond acceptors (Lipinski definition) is 4. The molecule has 4 nitrogen and oxygen atoms in total. The Morgan fingerprint density at radius 2 is 1.94 bits per heavy atom. The third-order valence-electron chi connectivity index (χ3n) is 2.72. The van der Waals surface area contributed by atoms with E-state index in [1.807, 2.05) is 32.0 Å². The van der Waals surface area contributed by atoms with E-state index in [9.17, 15) is 4.79 Å². The van der Waals surface area contributed by atoms with Gasteiger partial charge in [-0.1, -0.05) is 18.2 Å². The SMILES string of the molecule is CCOC(=O)C(COc1c(C)cccc1C)NC. The highest BCUT2D eigenvalue weighted by molar-refractivity contribution is 5.75. The van der Waals surface area contributed by atoms with Gasteiger partial charge in [-0.25, -0.2) is 0 Å². The number of para-hydroxylation sites is 1. The molecule has 0 saturated carbocycles. The van der Waals surface area contributed by atoms with Gasteiger partial charge in [0, 0.05) is 0 Å². The number of rotatable bonds is 6. The second kappa shape index (κ2) is 7.01. The first-order valence-corrected chi connectivity index (χ1v) is 6.13. The number of carbonyl (C=O) groups is 1. The summed E-state index contributed by atoms with van der Waals surface area (Å²) in [6.07, 6.45) is 0. The van der Waals surface area contributed by atoms with E-state index in [0.717, 1.165) is 16.9 Å². The lowest BCUT2D eigenvalue weighted by Gasteiger charge is -2.17. The van der Waals surface area contributed by atoms with Crippen molar-refractivity contribution in [3.8, 4) is 5.75 Å². The molecule has 0 aliphatic rings. The van der Waals surface area contributed by atoms with Gasteiger partial charge < -0.3 is 14.8 Å². The highest BCUT2D eigenvalue weighted by atomic mass is 16.5. The lowest BCUT2D eigenvalue weighted by atomic mass is 10.1. The smallest absolute Gasteiger partial charge is 0.326 e. The molecular formula is C14H21NO3. The predicted octanol–water partition coefficient (Wildman–Crippen LogP) is 1.83. The van der Waals surface area contributed by atoms with Crippen LogP contribution in [0, 0.1) is 13.8 Å². The first-order chi connectivity index (χ1) is 8.60. The molecule has 1 atom stereocenters. The Balaban J connectivity index is 2.65. The van der Waals surface area contributed by atoms with Gasteiger partial charge in [-0.2, -0.15) is 0 Å². The predicted molar refractivity (Wildman–Crippen MR) is 70.9 cm³/mol. The summed E-state index contributed by atoms with van der Waals surface area (Å²) in [6, 6.07) is 5.52. The zero-order valence-corrected chi connectivity index (χ0v) is 11.4. The van der Waals surface area contributed by atoms with Gasteiger partial charge in [-0.15, -0.1) is 0 Å². The van der Waals surface area contributed by atoms with E-state index >= 15 is 0 Å². The van der Waals surface area contributed by atoms with Crippen molar-refractivity contribution >= 4 is 5.97 Å². The zero-order chi connectivity index (χ0) is 13.5. The van der Waals surface area contributed by atoms with Gasteiger partial charge in [0.2, 0.25) is 0 Å². The molecule has 0 heterocycles. The van der Waals surface area contributed by atoms with Gasteiger partial charge in [-0.05, 0) is 38.9 Å². The van der Waals surface area contributed by atoms with Gasteiger partial charge in [0.05, 0.1) is 6.61 Å². The molecule has 0 amide bonds. The minimum absolute atomic E-state index is 0.265. The van der Waals surface area contributed by atoms with E-state index in [1.165, 1.54) is 0 Å². The minimum atomic E-state index is -0.441. The first-order valence-electron chi connectivity index (χ1n) is 6.13. The summed E-state index contributed by atoms with van der Waals surface area (Å²) < 4.78 is 10.7. The van der Waals surface area contributed by atoms with Crippen molar-refractivity contribution in [3.63, 3.8) is 0 Å². The van der Waals surface area contributed by atoms with Gasteiger partial charge in [-0.3, -0.25) is 4.79 Å². The standard InChI is InChI=1S/C14H21NO3/c1-5-17-14(16)12(15-4)9-18-13-10(2)7-6-8-11(13)3/h6-8,12,15H,5,9H2,1-4H3. The molecule has 1 aromatic rings. The van der Waals surface area contributed by atoms with E-state index in [1.54, 1.807) is 14.0 Å². The van der Waals surface area contributed by atoms with Crippen LogP contribution < -0.4 is 10.1 Å². The van der Waals surface area contributed by atoms with Crippen LogP contribution in [0.2, 0.25) is 0 Å². The molecule has 1 N–H and O–H groups in total. The molecule has 0 aromatic heterocycles. The largest absolute Gasteiger partial charge is 0.491 e. The van der Waals surface area contributed by atoms with Crippen molar-refractivity contribution in [1.82, 2.24) is 5.32 Å². The molecule has 4 heteroatoms. The number of ether oxygens (including phenoxy) is 2. The second-order valence-corrected chi connectivity index (χ2v) is 4.13. The zero-order valence-electron chi connectivity index (χ0n) is 11.4. The number of hydrogen-bond donors (Lipinski definition) is 1. The monoisotopic (exact) mass is 251 g/mol. The summed E-state index contributed by atoms with van der Waals surface area (Å²) in [5.41, 5.74) is 2.13. The second-order valence-electron chi connectivity index (χ2n) is 4.13. The molecule has 1 unspecified atom stereocenters. The number of aryl methyl sites for hydroxylation is 2. The summed E-state index contributed by atoms with van der Waals surface area (Å²) in [5, 5.41) is 2.90. The molecule has 0 aliphatic heterocycles. The quantitative estimate of drug-likeness (QED) is 0.784. The van der Waals surface area contributed by atoms with E-state index in [0.29, 0.717) is 6.61 Å². The van der Waals surface area contributed by atoms with Crippen molar-refractivity contribution in [2.75, 3.05) is 20.3 Å². The summed E-state index contributed by atoms with van der Waals surface area (Å²) in [7, 11) is 1.72. The van der Waals surface area contributed by atoms with Crippen molar-refractivity contribution in [1.29, 1.82) is 0 Å². The summed E-state index contributed by atoms with van der Waals surface area (Å²) >= 11 is 0. The fourth-order valence-electron chi connectivity index (χ4n) is 1.71. The van der Waals surface area contributed by atoms with Crippen LogP contribution in [-0.4, -0.2) is 32.3 Å². The normalized spacial score (nSPS) is 12.0. The van der Waals surface area contributed by atoms with Crippen LogP contribution in [-0.2, 0) is 9.53 Å². The Hall–Kier alpha value is -1.55. The Kier molecular flexibility index (Phi) is 5.65. The molecule has 18 heavy (non-hydrogen) atoms. The maximum Gasteiger partial charge on any atom is 0.326 e. The van der Waals surface area contributed by atoms with Gasteiger partial charge >= 0.3 is 5.97 Å². The molecule has 0 saturated heterocycles. The third kappa shape index (κ3) is 3.74. The molecule has 0 spiro atoms. The van der Waals surface area contributed by atoms with Crippen LogP contribution in [0.1, 0.15) is 18.1 Å². The van der Waals surface area contributed by atoms with Crippen LogP contribution in [0.3, 0.4) is 0 Å². The molecule has 1 aromatic carbocycles. The van der Waals surface area contributed by atoms with Crippen molar-refractivity contribution in [2.45, 2.75) is 26.8 Å². The van der Waals surface area contributed by atoms with E-state index in [2.05, 4.69) is 5.32 Å². The number of carbonyl (C=O) groups excluding carboxylic acids is 1. The lowest BCUT2D eigenvalue weighted by Crippen LogP contribution is -2.40. The van der Waals surface area contributed by atoms with Gasteiger partial charge in [0.1, 0.15) is 18.4 Å². The van der Waals surface area contributed by atoms with E-state index in [4.69, 9.17) is 9.47 Å². The van der Waals surface area contributed by atoms with Crippen LogP contribution >= 0.6 is 0 Å². The van der Waals surface area contributed by atoms with E-state index in [-0.39, 0.29) is 12.6 Å². The Labute approximate surface area is 108 Å². The number of benzene rings is 1. The molecule has 0 aliphatic carbocycles. The maximum atomic E-state index is 11.6. The Morgan fingerprint density at radius 1 is 1.33 bits per heavy atom. The van der Waals surface area contributed by atoms with Crippen LogP contribution in [0.25, 0.3) is 0 Å². The lowest BCUT2D eigenvalue weighted by molar-refractivity contribution is -0.146. The molecule has 0 bridgehead atoms. The summed E-state index contributed by atoms with van der Waals surface area (Å²) in [4.78, 5) is 11.6. The Bertz CT molecular complexity index is 384. The van der Waals surface area contributed by atoms with Crippen LogP contribution in [0.5, 0.6) is 5.75 Å². The van der Waals surface area contributed by atoms with Gasteiger partial charge in [0.15, 0.2) is 0 Å². The molecule has 1 rings (SSSR count). The number of nitrogens with one attached hydrogen (secondary N) is 1. The van der Waals surface area contributed by atoms with Crippen LogP contribution in [0.15, 0.2) is 18.2 Å². The summed E-state index contributed by atoms with van der Waals surface area (Å²) in [6.45, 7) is 6.40. The highest BCUT2D eigenvalue weighted by Gasteiger charge is 2.19. The highest BCUT2D eigenvalue weighted by Crippen LogP contribution is 2.22. The van der Waals surface area contributed by atoms with Crippen LogP contribution in [0.4, 0.5) is 0 Å². The van der Waals surface area contributed by atoms with Gasteiger partial charge in [0.25, 0.3) is 0 Å². The molecule has 100 valence electrons. The minimum Gasteiger partial charge on any atom is -0.491 e. The van der Waals surface area contributed by atoms with E-state index < -0.39 is 6.04 Å². The van der Waals surface area contributed by atoms with Crippen molar-refractivity contribution < 1.29 is 14.3 Å². The topological polar surface area (TPSA) is 47.6 Å². The fraction of sp³-hybridized carbons (Fsp3) is 0.500. The van der Waals surface area contributed by atoms with Crippen molar-refractivity contribution in [3.05, 3.63) is 29.3 Å². The number of esters is 1. The molecular weight excluding hydrogens is 230 g/mol. The van der Waals surface area contributed by atoms with Crippen molar-refractivity contribution in [2.24, 2.45) is 0 Å². The molecule has 0 radical (unpaired) electrons. The average Bonchev–Trinajstić information content (AvgIpc) is 2.33. The molecule has 0 fully saturated rings. The third-order valence-corrected chi connectivity index (χ3v) is 2.72. The summed E-state index contributed by atoms with van der Waals surface area (Å²) in [5.74, 6) is 0.549. The Morgan fingerprint density at radius 3 is 2.44 bits per heavy atom. The maximum absolute atomic E-state index is 11.6. The first kappa shape index (κ1) is 14.5. The fourth-order valence-corrected chi connectivity index (χ4v) is 1.71. The average molecular weight is 251 g/mol.